The first kappa shape index (κ1) is 15.0. The second kappa shape index (κ2) is 5.70. The van der Waals surface area contributed by atoms with E-state index in [-0.39, 0.29) is 12.2 Å². The first-order valence-corrected chi connectivity index (χ1v) is 6.61. The maximum absolute atomic E-state index is 12.0. The largest absolute Gasteiger partial charge is 0.506 e. The van der Waals surface area contributed by atoms with Gasteiger partial charge in [-0.15, -0.1) is 0 Å². The standard InChI is InChI=1S/C12H14N6O5/c13-10-5(1-6-2-14-17-16-6)3-18(12(22)15-10)11-9(21)8(20)7(4-19)23-11/h2-3,7,11,19-21H,1,4H2,(H2,13,15,22)(H,14,16,17)/t7-,11-/m1/s1. The Morgan fingerprint density at radius 1 is 1.39 bits per heavy atom. The van der Waals surface area contributed by atoms with Crippen molar-refractivity contribution in [2.45, 2.75) is 18.8 Å². The lowest BCUT2D eigenvalue weighted by atomic mass is 10.2. The SMILES string of the molecule is Nc1nc(=O)n([C@@H]2O[C@H](CO)C(O)=C2O)cc1Cc1cn[nH]n1. The number of hydrogen-bond acceptors (Lipinski definition) is 9. The third kappa shape index (κ3) is 2.62. The summed E-state index contributed by atoms with van der Waals surface area (Å²) in [6, 6.07) is 0. The Balaban J connectivity index is 1.99. The van der Waals surface area contributed by atoms with Gasteiger partial charge in [0.25, 0.3) is 0 Å². The van der Waals surface area contributed by atoms with Gasteiger partial charge in [0.1, 0.15) is 11.9 Å². The normalized spacial score (nSPS) is 21.1. The fourth-order valence-electron chi connectivity index (χ4n) is 2.23. The molecule has 2 atom stereocenters. The molecule has 2 aromatic rings. The van der Waals surface area contributed by atoms with Crippen molar-refractivity contribution in [2.24, 2.45) is 0 Å². The number of aromatic nitrogens is 5. The van der Waals surface area contributed by atoms with Gasteiger partial charge in [-0.1, -0.05) is 0 Å². The van der Waals surface area contributed by atoms with Crippen LogP contribution in [0.4, 0.5) is 5.82 Å². The molecule has 1 aliphatic rings. The zero-order chi connectivity index (χ0) is 16.6. The maximum atomic E-state index is 12.0. The minimum absolute atomic E-state index is 0.0126. The van der Waals surface area contributed by atoms with Gasteiger partial charge in [0.05, 0.1) is 18.5 Å². The Labute approximate surface area is 128 Å². The molecule has 0 fully saturated rings. The van der Waals surface area contributed by atoms with E-state index < -0.39 is 36.1 Å². The number of aromatic amines is 1. The number of ether oxygens (including phenoxy) is 1. The molecule has 11 heteroatoms. The minimum atomic E-state index is -1.29. The molecule has 3 rings (SSSR count). The van der Waals surface area contributed by atoms with Gasteiger partial charge in [0.2, 0.25) is 0 Å². The maximum Gasteiger partial charge on any atom is 0.352 e. The van der Waals surface area contributed by atoms with Gasteiger partial charge in [0.15, 0.2) is 17.7 Å². The van der Waals surface area contributed by atoms with Crippen LogP contribution in [0, 0.1) is 0 Å². The molecule has 0 radical (unpaired) electrons. The molecule has 23 heavy (non-hydrogen) atoms. The monoisotopic (exact) mass is 322 g/mol. The molecule has 0 spiro atoms. The Hall–Kier alpha value is -2.92. The molecular weight excluding hydrogens is 308 g/mol. The number of rotatable bonds is 4. The van der Waals surface area contributed by atoms with Gasteiger partial charge in [-0.05, 0) is 0 Å². The average molecular weight is 322 g/mol. The third-order valence-corrected chi connectivity index (χ3v) is 3.41. The van der Waals surface area contributed by atoms with E-state index in [1.165, 1.54) is 12.4 Å². The highest BCUT2D eigenvalue weighted by molar-refractivity contribution is 5.39. The van der Waals surface area contributed by atoms with E-state index in [9.17, 15) is 15.0 Å². The van der Waals surface area contributed by atoms with E-state index in [1.807, 2.05) is 0 Å². The molecule has 0 saturated carbocycles. The number of anilines is 1. The first-order valence-electron chi connectivity index (χ1n) is 6.61. The number of aliphatic hydroxyl groups excluding tert-OH is 3. The molecule has 0 aliphatic carbocycles. The molecule has 11 nitrogen and oxygen atoms in total. The summed E-state index contributed by atoms with van der Waals surface area (Å²) in [5, 5.41) is 38.7. The number of H-pyrrole nitrogens is 1. The quantitative estimate of drug-likeness (QED) is 0.461. The van der Waals surface area contributed by atoms with Gasteiger partial charge in [-0.2, -0.15) is 20.4 Å². The molecule has 122 valence electrons. The molecule has 6 N–H and O–H groups in total. The van der Waals surface area contributed by atoms with Gasteiger partial charge in [-0.3, -0.25) is 4.57 Å². The van der Waals surface area contributed by atoms with E-state index in [1.54, 1.807) is 0 Å². The van der Waals surface area contributed by atoms with Crippen molar-refractivity contribution >= 4 is 5.82 Å². The van der Waals surface area contributed by atoms with Crippen LogP contribution in [0.25, 0.3) is 0 Å². The number of aliphatic hydroxyl groups is 3. The molecule has 0 bridgehead atoms. The van der Waals surface area contributed by atoms with Crippen molar-refractivity contribution in [3.63, 3.8) is 0 Å². The summed E-state index contributed by atoms with van der Waals surface area (Å²) in [5.74, 6) is -1.08. The highest BCUT2D eigenvalue weighted by atomic mass is 16.6. The van der Waals surface area contributed by atoms with Crippen molar-refractivity contribution < 1.29 is 20.1 Å². The summed E-state index contributed by atoms with van der Waals surface area (Å²) in [6.45, 7) is -0.546. The van der Waals surface area contributed by atoms with Crippen molar-refractivity contribution in [2.75, 3.05) is 12.3 Å². The number of nitrogen functional groups attached to an aromatic ring is 1. The zero-order valence-electron chi connectivity index (χ0n) is 11.7. The molecule has 0 amide bonds. The summed E-state index contributed by atoms with van der Waals surface area (Å²) < 4.78 is 6.24. The van der Waals surface area contributed by atoms with Crippen molar-refractivity contribution in [1.29, 1.82) is 0 Å². The van der Waals surface area contributed by atoms with Crippen LogP contribution in [0.5, 0.6) is 0 Å². The van der Waals surface area contributed by atoms with Crippen LogP contribution in [0.3, 0.4) is 0 Å². The molecular formula is C12H14N6O5. The third-order valence-electron chi connectivity index (χ3n) is 3.41. The molecule has 0 unspecified atom stereocenters. The lowest BCUT2D eigenvalue weighted by Crippen LogP contribution is -2.30. The van der Waals surface area contributed by atoms with Crippen LogP contribution in [-0.2, 0) is 11.2 Å². The van der Waals surface area contributed by atoms with Crippen LogP contribution in [0.1, 0.15) is 17.5 Å². The highest BCUT2D eigenvalue weighted by Crippen LogP contribution is 2.30. The van der Waals surface area contributed by atoms with Gasteiger partial charge >= 0.3 is 5.69 Å². The Kier molecular flexibility index (Phi) is 3.72. The number of hydrogen-bond donors (Lipinski definition) is 5. The molecule has 0 saturated heterocycles. The van der Waals surface area contributed by atoms with E-state index in [2.05, 4.69) is 20.4 Å². The minimum Gasteiger partial charge on any atom is -0.506 e. The molecule has 2 aromatic heterocycles. The van der Waals surface area contributed by atoms with E-state index >= 15 is 0 Å². The van der Waals surface area contributed by atoms with Crippen molar-refractivity contribution in [3.05, 3.63) is 45.7 Å². The Morgan fingerprint density at radius 2 is 2.17 bits per heavy atom. The number of nitrogens with zero attached hydrogens (tertiary/aromatic N) is 4. The number of nitrogens with two attached hydrogens (primary N) is 1. The van der Waals surface area contributed by atoms with Crippen molar-refractivity contribution in [1.82, 2.24) is 25.0 Å². The van der Waals surface area contributed by atoms with Crippen LogP contribution in [0.2, 0.25) is 0 Å². The summed E-state index contributed by atoms with van der Waals surface area (Å²) in [4.78, 5) is 15.7. The average Bonchev–Trinajstić information content (AvgIpc) is 3.12. The van der Waals surface area contributed by atoms with Crippen LogP contribution >= 0.6 is 0 Å². The predicted molar refractivity (Wildman–Crippen MR) is 75.4 cm³/mol. The molecule has 3 heterocycles. The number of nitrogens with one attached hydrogen (secondary N) is 1. The molecule has 1 aliphatic heterocycles. The van der Waals surface area contributed by atoms with E-state index in [4.69, 9.17) is 15.6 Å². The van der Waals surface area contributed by atoms with Crippen LogP contribution in [0.15, 0.2) is 28.7 Å². The van der Waals surface area contributed by atoms with E-state index in [0.717, 1.165) is 4.57 Å². The summed E-state index contributed by atoms with van der Waals surface area (Å²) in [6.07, 6.45) is 0.703. The second-order valence-electron chi connectivity index (χ2n) is 4.91. The summed E-state index contributed by atoms with van der Waals surface area (Å²) >= 11 is 0. The van der Waals surface area contributed by atoms with Gasteiger partial charge < -0.3 is 25.8 Å². The lowest BCUT2D eigenvalue weighted by molar-refractivity contribution is -0.0368. The zero-order valence-corrected chi connectivity index (χ0v) is 11.7. The van der Waals surface area contributed by atoms with E-state index in [0.29, 0.717) is 11.3 Å². The van der Waals surface area contributed by atoms with Gasteiger partial charge in [-0.25, -0.2) is 4.79 Å². The molecule has 0 aromatic carbocycles. The lowest BCUT2D eigenvalue weighted by Gasteiger charge is -2.16. The van der Waals surface area contributed by atoms with Crippen molar-refractivity contribution in [3.8, 4) is 0 Å². The fraction of sp³-hybridized carbons (Fsp3) is 0.333. The second-order valence-corrected chi connectivity index (χ2v) is 4.91. The Bertz CT molecular complexity index is 799. The predicted octanol–water partition coefficient (Wildman–Crippen LogP) is -1.25. The summed E-state index contributed by atoms with van der Waals surface area (Å²) in [7, 11) is 0. The van der Waals surface area contributed by atoms with Crippen LogP contribution in [-0.4, -0.2) is 53.0 Å². The van der Waals surface area contributed by atoms with Crippen LogP contribution < -0.4 is 11.4 Å². The first-order chi connectivity index (χ1) is 11.0. The Morgan fingerprint density at radius 3 is 2.78 bits per heavy atom. The fourth-order valence-corrected chi connectivity index (χ4v) is 2.23. The van der Waals surface area contributed by atoms with Gasteiger partial charge in [0, 0.05) is 18.2 Å². The summed E-state index contributed by atoms with van der Waals surface area (Å²) in [5.41, 5.74) is 6.00. The smallest absolute Gasteiger partial charge is 0.352 e. The highest BCUT2D eigenvalue weighted by Gasteiger charge is 2.36. The topological polar surface area (TPSA) is 172 Å².